The first-order valence-corrected chi connectivity index (χ1v) is 10.2. The molecule has 2 N–H and O–H groups in total. The molecule has 1 aromatic carbocycles. The van der Waals surface area contributed by atoms with Gasteiger partial charge in [0.15, 0.2) is 11.6 Å². The number of guanidine groups is 1. The number of aromatic nitrogens is 3. The number of benzene rings is 1. The molecular formula is C21H26F2IN7O. The molecule has 2 aromatic heterocycles. The van der Waals surface area contributed by atoms with E-state index in [2.05, 4.69) is 30.6 Å². The van der Waals surface area contributed by atoms with Crippen LogP contribution in [0, 0.1) is 0 Å². The first kappa shape index (κ1) is 24.0. The van der Waals surface area contributed by atoms with Gasteiger partial charge in [-0.1, -0.05) is 18.2 Å². The number of fused-ring (bicyclic) bond motifs is 1. The van der Waals surface area contributed by atoms with Gasteiger partial charge in [-0.25, -0.2) is 0 Å². The monoisotopic (exact) mass is 557 g/mol. The first-order chi connectivity index (χ1) is 15.1. The van der Waals surface area contributed by atoms with E-state index < -0.39 is 6.61 Å². The highest BCUT2D eigenvalue weighted by Gasteiger charge is 2.26. The lowest BCUT2D eigenvalue weighted by Crippen LogP contribution is -2.45. The van der Waals surface area contributed by atoms with E-state index in [-0.39, 0.29) is 35.8 Å². The average Bonchev–Trinajstić information content (AvgIpc) is 3.40. The number of rotatable bonds is 7. The van der Waals surface area contributed by atoms with Crippen molar-refractivity contribution in [1.29, 1.82) is 0 Å². The summed E-state index contributed by atoms with van der Waals surface area (Å²) in [5.74, 6) is 1.76. The molecule has 1 aliphatic rings. The lowest BCUT2D eigenvalue weighted by molar-refractivity contribution is -0.0495. The molecule has 0 bridgehead atoms. The third-order valence-electron chi connectivity index (χ3n) is 5.20. The molecular weight excluding hydrogens is 531 g/mol. The Morgan fingerprint density at radius 2 is 2.03 bits per heavy atom. The Balaban J connectivity index is 0.00000289. The van der Waals surface area contributed by atoms with Crippen LogP contribution in [-0.2, 0) is 6.42 Å². The van der Waals surface area contributed by atoms with Crippen LogP contribution in [0.3, 0.4) is 0 Å². The predicted molar refractivity (Wildman–Crippen MR) is 130 cm³/mol. The lowest BCUT2D eigenvalue weighted by atomic mass is 10.2. The van der Waals surface area contributed by atoms with E-state index in [1.54, 1.807) is 25.2 Å². The second-order valence-corrected chi connectivity index (χ2v) is 7.22. The standard InChI is InChI=1S/C21H25F2N7O.HI/c1-24-21(25-11-9-19-28-27-18-8-4-5-12-30(18)19)26-15-10-13-29(14-15)16-6-2-3-7-17(16)31-20(22)23;/h2-8,12,15,20H,9-11,13-14H2,1H3,(H2,24,25,26);1H. The van der Waals surface area contributed by atoms with E-state index in [9.17, 15) is 8.78 Å². The normalized spacial score (nSPS) is 16.3. The van der Waals surface area contributed by atoms with Crippen LogP contribution in [0.15, 0.2) is 53.7 Å². The number of halogens is 3. The highest BCUT2D eigenvalue weighted by molar-refractivity contribution is 14.0. The fourth-order valence-electron chi connectivity index (χ4n) is 3.75. The van der Waals surface area contributed by atoms with Crippen molar-refractivity contribution in [3.63, 3.8) is 0 Å². The Hall–Kier alpha value is -2.70. The maximum atomic E-state index is 12.7. The molecule has 1 atom stereocenters. The Morgan fingerprint density at radius 3 is 2.84 bits per heavy atom. The Labute approximate surface area is 202 Å². The Morgan fingerprint density at radius 1 is 1.22 bits per heavy atom. The van der Waals surface area contributed by atoms with Crippen LogP contribution in [0.5, 0.6) is 5.75 Å². The van der Waals surface area contributed by atoms with Crippen LogP contribution in [0.1, 0.15) is 12.2 Å². The van der Waals surface area contributed by atoms with Gasteiger partial charge in [0.05, 0.1) is 5.69 Å². The van der Waals surface area contributed by atoms with Crippen molar-refractivity contribution in [3.05, 3.63) is 54.5 Å². The second-order valence-electron chi connectivity index (χ2n) is 7.22. The molecule has 0 radical (unpaired) electrons. The predicted octanol–water partition coefficient (Wildman–Crippen LogP) is 2.94. The molecule has 1 unspecified atom stereocenters. The first-order valence-electron chi connectivity index (χ1n) is 10.2. The number of hydrogen-bond donors (Lipinski definition) is 2. The van der Waals surface area contributed by atoms with Gasteiger partial charge in [-0.3, -0.25) is 9.39 Å². The summed E-state index contributed by atoms with van der Waals surface area (Å²) in [6.07, 6.45) is 3.50. The van der Waals surface area contributed by atoms with Gasteiger partial charge in [-0.05, 0) is 30.7 Å². The van der Waals surface area contributed by atoms with Gasteiger partial charge in [0.1, 0.15) is 11.6 Å². The molecule has 172 valence electrons. The van der Waals surface area contributed by atoms with Crippen LogP contribution >= 0.6 is 24.0 Å². The van der Waals surface area contributed by atoms with Gasteiger partial charge >= 0.3 is 6.61 Å². The number of aliphatic imine (C=N–C) groups is 1. The van der Waals surface area contributed by atoms with Crippen molar-refractivity contribution in [2.75, 3.05) is 31.6 Å². The van der Waals surface area contributed by atoms with Crippen LogP contribution < -0.4 is 20.3 Å². The van der Waals surface area contributed by atoms with E-state index in [1.807, 2.05) is 39.8 Å². The van der Waals surface area contributed by atoms with Crippen LogP contribution in [0.2, 0.25) is 0 Å². The molecule has 32 heavy (non-hydrogen) atoms. The molecule has 0 amide bonds. The second kappa shape index (κ2) is 11.2. The van der Waals surface area contributed by atoms with Gasteiger partial charge < -0.3 is 20.3 Å². The van der Waals surface area contributed by atoms with Crippen molar-refractivity contribution in [3.8, 4) is 5.75 Å². The van der Waals surface area contributed by atoms with Gasteiger partial charge in [-0.2, -0.15) is 8.78 Å². The molecule has 3 aromatic rings. The fraction of sp³-hybridized carbons (Fsp3) is 0.381. The summed E-state index contributed by atoms with van der Waals surface area (Å²) in [6.45, 7) is -0.789. The largest absolute Gasteiger partial charge is 0.433 e. The summed E-state index contributed by atoms with van der Waals surface area (Å²) in [5, 5.41) is 15.1. The zero-order valence-corrected chi connectivity index (χ0v) is 19.9. The van der Waals surface area contributed by atoms with Crippen molar-refractivity contribution in [1.82, 2.24) is 25.2 Å². The minimum Gasteiger partial charge on any atom is -0.433 e. The van der Waals surface area contributed by atoms with Crippen molar-refractivity contribution in [2.45, 2.75) is 25.5 Å². The van der Waals surface area contributed by atoms with E-state index >= 15 is 0 Å². The molecule has 3 heterocycles. The van der Waals surface area contributed by atoms with Crippen molar-refractivity contribution >= 4 is 41.3 Å². The summed E-state index contributed by atoms with van der Waals surface area (Å²) in [5.41, 5.74) is 1.50. The molecule has 4 rings (SSSR count). The van der Waals surface area contributed by atoms with E-state index in [0.29, 0.717) is 31.2 Å². The number of anilines is 1. The van der Waals surface area contributed by atoms with Gasteiger partial charge in [0.2, 0.25) is 0 Å². The molecule has 1 saturated heterocycles. The van der Waals surface area contributed by atoms with Crippen LogP contribution in [-0.4, -0.2) is 59.9 Å². The lowest BCUT2D eigenvalue weighted by Gasteiger charge is -2.22. The van der Waals surface area contributed by atoms with Crippen molar-refractivity contribution in [2.24, 2.45) is 4.99 Å². The van der Waals surface area contributed by atoms with Crippen molar-refractivity contribution < 1.29 is 13.5 Å². The third-order valence-corrected chi connectivity index (χ3v) is 5.20. The van der Waals surface area contributed by atoms with Gasteiger partial charge in [-0.15, -0.1) is 34.2 Å². The molecule has 11 heteroatoms. The number of nitrogens with one attached hydrogen (secondary N) is 2. The summed E-state index contributed by atoms with van der Waals surface area (Å²) in [6, 6.07) is 12.8. The number of pyridine rings is 1. The molecule has 0 saturated carbocycles. The number of hydrogen-bond acceptors (Lipinski definition) is 5. The fourth-order valence-corrected chi connectivity index (χ4v) is 3.75. The Bertz CT molecular complexity index is 1050. The zero-order chi connectivity index (χ0) is 21.6. The maximum absolute atomic E-state index is 12.7. The van der Waals surface area contributed by atoms with Gasteiger partial charge in [0, 0.05) is 45.3 Å². The SMILES string of the molecule is CN=C(NCCc1nnc2ccccn12)NC1CCN(c2ccccc2OC(F)F)C1.I. The van der Waals surface area contributed by atoms with Crippen LogP contribution in [0.25, 0.3) is 5.65 Å². The molecule has 1 aliphatic heterocycles. The zero-order valence-electron chi connectivity index (χ0n) is 17.6. The number of para-hydroxylation sites is 2. The third kappa shape index (κ3) is 5.75. The van der Waals surface area contributed by atoms with E-state index in [0.717, 1.165) is 24.4 Å². The molecule has 0 spiro atoms. The highest BCUT2D eigenvalue weighted by atomic mass is 127. The smallest absolute Gasteiger partial charge is 0.387 e. The quantitative estimate of drug-likeness (QED) is 0.265. The molecule has 0 aliphatic carbocycles. The summed E-state index contributed by atoms with van der Waals surface area (Å²) >= 11 is 0. The topological polar surface area (TPSA) is 79.1 Å². The Kier molecular flexibility index (Phi) is 8.42. The number of nitrogens with zero attached hydrogens (tertiary/aromatic N) is 5. The summed E-state index contributed by atoms with van der Waals surface area (Å²) in [4.78, 5) is 6.34. The average molecular weight is 557 g/mol. The number of ether oxygens (including phenoxy) is 1. The molecule has 8 nitrogen and oxygen atoms in total. The van der Waals surface area contributed by atoms with Gasteiger partial charge in [0.25, 0.3) is 0 Å². The molecule has 1 fully saturated rings. The van der Waals surface area contributed by atoms with E-state index in [4.69, 9.17) is 0 Å². The maximum Gasteiger partial charge on any atom is 0.387 e. The van der Waals surface area contributed by atoms with Crippen LogP contribution in [0.4, 0.5) is 14.5 Å². The highest BCUT2D eigenvalue weighted by Crippen LogP contribution is 2.31. The van der Waals surface area contributed by atoms with E-state index in [1.165, 1.54) is 0 Å². The summed E-state index contributed by atoms with van der Waals surface area (Å²) < 4.78 is 32.0. The summed E-state index contributed by atoms with van der Waals surface area (Å²) in [7, 11) is 1.72. The minimum atomic E-state index is -2.84. The minimum absolute atomic E-state index is 0. The number of alkyl halides is 2.